The van der Waals surface area contributed by atoms with Crippen LogP contribution in [0.1, 0.15) is 38.2 Å². The third-order valence-electron chi connectivity index (χ3n) is 3.86. The Kier molecular flexibility index (Phi) is 6.57. The molecule has 0 N–H and O–H groups in total. The Morgan fingerprint density at radius 1 is 1.26 bits per heavy atom. The minimum absolute atomic E-state index is 0.160. The lowest BCUT2D eigenvalue weighted by Crippen LogP contribution is -2.10. The minimum atomic E-state index is -3.62. The van der Waals surface area contributed by atoms with Crippen molar-refractivity contribution in [2.24, 2.45) is 9.69 Å². The van der Waals surface area contributed by atoms with Gasteiger partial charge in [-0.05, 0) is 31.9 Å². The number of unbranched alkanes of at least 4 members (excludes halogenated alkanes) is 2. The van der Waals surface area contributed by atoms with E-state index in [0.29, 0.717) is 5.75 Å². The van der Waals surface area contributed by atoms with E-state index < -0.39 is 25.0 Å². The Bertz CT molecular complexity index is 670. The summed E-state index contributed by atoms with van der Waals surface area (Å²) in [5, 5.41) is 0. The second-order valence-electron chi connectivity index (χ2n) is 6.06. The molecule has 0 heterocycles. The van der Waals surface area contributed by atoms with Gasteiger partial charge >= 0.3 is 0 Å². The summed E-state index contributed by atoms with van der Waals surface area (Å²) in [6, 6.07) is 6.82. The number of hydrogen-bond donors (Lipinski definition) is 0. The van der Waals surface area contributed by atoms with Crippen LogP contribution in [0, 0.1) is 12.8 Å². The Hall–Kier alpha value is -0.1000. The molecule has 2 atom stereocenters. The van der Waals surface area contributed by atoms with Crippen molar-refractivity contribution in [3.05, 3.63) is 29.8 Å². The van der Waals surface area contributed by atoms with Crippen LogP contribution < -0.4 is 0 Å². The summed E-state index contributed by atoms with van der Waals surface area (Å²) in [4.78, 5) is 0.259. The molecule has 0 spiro atoms. The van der Waals surface area contributed by atoms with Crippen LogP contribution in [-0.2, 0) is 20.7 Å². The Balaban J connectivity index is 2.17. The molecule has 1 aromatic rings. The van der Waals surface area contributed by atoms with Crippen LogP contribution in [0.25, 0.3) is 0 Å². The van der Waals surface area contributed by atoms with E-state index in [1.165, 1.54) is 0 Å². The summed E-state index contributed by atoms with van der Waals surface area (Å²) in [7, 11) is -4.16. The first kappa shape index (κ1) is 19.2. The maximum absolute atomic E-state index is 12.5. The molecule has 0 radical (unpaired) electrons. The predicted octanol–water partition coefficient (Wildman–Crippen LogP) is 4.87. The van der Waals surface area contributed by atoms with Crippen molar-refractivity contribution in [3.63, 3.8) is 0 Å². The Morgan fingerprint density at radius 2 is 1.87 bits per heavy atom. The maximum Gasteiger partial charge on any atom is 0.287 e. The highest BCUT2D eigenvalue weighted by Crippen LogP contribution is 2.53. The van der Waals surface area contributed by atoms with Gasteiger partial charge < -0.3 is 0 Å². The van der Waals surface area contributed by atoms with Crippen LogP contribution in [0.5, 0.6) is 0 Å². The largest absolute Gasteiger partial charge is 0.287 e. The summed E-state index contributed by atoms with van der Waals surface area (Å²) in [5.74, 6) is 1.62. The number of halogens is 2. The van der Waals surface area contributed by atoms with Crippen molar-refractivity contribution in [2.45, 2.75) is 48.8 Å². The van der Waals surface area contributed by atoms with Gasteiger partial charge in [-0.1, -0.05) is 48.2 Å². The van der Waals surface area contributed by atoms with Gasteiger partial charge in [0.05, 0.1) is 4.90 Å². The van der Waals surface area contributed by atoms with E-state index in [1.54, 1.807) is 24.3 Å². The molecule has 1 saturated carbocycles. The average Bonchev–Trinajstić information content (AvgIpc) is 3.05. The van der Waals surface area contributed by atoms with E-state index >= 15 is 0 Å². The molecule has 0 bridgehead atoms. The second kappa shape index (κ2) is 7.85. The van der Waals surface area contributed by atoms with Gasteiger partial charge in [-0.25, -0.2) is 0 Å². The molecule has 1 aromatic carbocycles. The van der Waals surface area contributed by atoms with Gasteiger partial charge in [-0.3, -0.25) is 0 Å². The number of sulfonamides is 1. The van der Waals surface area contributed by atoms with Crippen LogP contribution in [0.15, 0.2) is 32.9 Å². The smallest absolute Gasteiger partial charge is 0.199 e. The molecule has 0 amide bonds. The highest BCUT2D eigenvalue weighted by atomic mass is 35.5. The summed E-state index contributed by atoms with van der Waals surface area (Å²) in [5.41, 5.74) is 1.03. The summed E-state index contributed by atoms with van der Waals surface area (Å²) >= 11 is 12.2. The van der Waals surface area contributed by atoms with Crippen molar-refractivity contribution in [1.29, 1.82) is 0 Å². The van der Waals surface area contributed by atoms with Gasteiger partial charge in [-0.15, -0.1) is 27.0 Å². The lowest BCUT2D eigenvalue weighted by molar-refractivity contribution is 0.598. The first-order chi connectivity index (χ1) is 10.7. The zero-order chi connectivity index (χ0) is 17.1. The lowest BCUT2D eigenvalue weighted by Gasteiger charge is -2.09. The van der Waals surface area contributed by atoms with Gasteiger partial charge in [0, 0.05) is 17.4 Å². The molecule has 2 rings (SSSR count). The highest BCUT2D eigenvalue weighted by Gasteiger charge is 2.51. The van der Waals surface area contributed by atoms with E-state index in [2.05, 4.69) is 10.7 Å². The third-order valence-corrected chi connectivity index (χ3v) is 8.82. The number of nitrogens with zero attached hydrogens (tertiary/aromatic N) is 1. The lowest BCUT2D eigenvalue weighted by atomic mass is 10.2. The molecule has 0 aromatic heterocycles. The van der Waals surface area contributed by atoms with E-state index in [-0.39, 0.29) is 10.8 Å². The standard InChI is InChI=1S/C16H23Cl2NO2S2/c1-3-4-5-10-22(12-14-11-16(14,17)18)19-23(20,21)15-8-6-13(2)7-9-15/h6-9,14H,3-5,10-12H2,1-2H3/t14-,22+/m1/s1. The normalized spacial score (nSPS) is 21.3. The zero-order valence-electron chi connectivity index (χ0n) is 13.5. The molecular weight excluding hydrogens is 373 g/mol. The van der Waals surface area contributed by atoms with E-state index in [1.807, 2.05) is 6.92 Å². The topological polar surface area (TPSA) is 46.5 Å². The Morgan fingerprint density at radius 3 is 2.39 bits per heavy atom. The van der Waals surface area contributed by atoms with Crippen LogP contribution in [0.3, 0.4) is 0 Å². The summed E-state index contributed by atoms with van der Waals surface area (Å²) in [6.45, 7) is 4.05. The zero-order valence-corrected chi connectivity index (χ0v) is 16.6. The van der Waals surface area contributed by atoms with Gasteiger partial charge in [0.25, 0.3) is 10.0 Å². The molecule has 0 aliphatic heterocycles. The molecule has 23 heavy (non-hydrogen) atoms. The van der Waals surface area contributed by atoms with Crippen LogP contribution in [0.2, 0.25) is 0 Å². The number of alkyl halides is 2. The molecule has 3 nitrogen and oxygen atoms in total. The fraction of sp³-hybridized carbons (Fsp3) is 0.625. The van der Waals surface area contributed by atoms with Crippen LogP contribution >= 0.6 is 23.2 Å². The molecule has 1 aliphatic rings. The summed E-state index contributed by atoms with van der Waals surface area (Å²) in [6.07, 6.45) is 3.89. The Labute approximate surface area is 151 Å². The minimum Gasteiger partial charge on any atom is -0.199 e. The third kappa shape index (κ3) is 5.73. The summed E-state index contributed by atoms with van der Waals surface area (Å²) < 4.78 is 28.6. The van der Waals surface area contributed by atoms with Gasteiger partial charge in [-0.2, -0.15) is 8.42 Å². The van der Waals surface area contributed by atoms with Gasteiger partial charge in [0.1, 0.15) is 4.33 Å². The molecule has 0 unspecified atom stereocenters. The molecule has 1 aliphatic carbocycles. The van der Waals surface area contributed by atoms with Crippen LogP contribution in [0.4, 0.5) is 0 Å². The second-order valence-corrected chi connectivity index (χ2v) is 11.3. The van der Waals surface area contributed by atoms with E-state index in [0.717, 1.165) is 37.0 Å². The number of rotatable bonds is 8. The molecular formula is C16H23Cl2NO2S2. The van der Waals surface area contributed by atoms with Crippen molar-refractivity contribution in [2.75, 3.05) is 11.5 Å². The molecule has 1 fully saturated rings. The van der Waals surface area contributed by atoms with Gasteiger partial charge in [0.2, 0.25) is 0 Å². The van der Waals surface area contributed by atoms with Crippen molar-refractivity contribution in [3.8, 4) is 0 Å². The fourth-order valence-electron chi connectivity index (χ4n) is 2.24. The average molecular weight is 396 g/mol. The van der Waals surface area contributed by atoms with E-state index in [9.17, 15) is 8.42 Å². The monoisotopic (exact) mass is 395 g/mol. The van der Waals surface area contributed by atoms with Crippen molar-refractivity contribution in [1.82, 2.24) is 0 Å². The first-order valence-electron chi connectivity index (χ1n) is 7.85. The maximum atomic E-state index is 12.5. The van der Waals surface area contributed by atoms with Crippen LogP contribution in [-0.4, -0.2) is 24.3 Å². The molecule has 130 valence electrons. The fourth-order valence-corrected chi connectivity index (χ4v) is 7.00. The van der Waals surface area contributed by atoms with Crippen molar-refractivity contribution >= 4 is 43.9 Å². The number of aryl methyl sites for hydroxylation is 1. The van der Waals surface area contributed by atoms with Gasteiger partial charge in [0.15, 0.2) is 0 Å². The molecule has 7 heteroatoms. The number of hydrogen-bond acceptors (Lipinski definition) is 2. The van der Waals surface area contributed by atoms with E-state index in [4.69, 9.17) is 23.2 Å². The first-order valence-corrected chi connectivity index (χ1v) is 11.6. The SMILES string of the molecule is CCCCC[S@@](C[C@H]1CC1(Cl)Cl)=NS(=O)(=O)c1ccc(C)cc1. The number of benzene rings is 1. The van der Waals surface area contributed by atoms with Crippen molar-refractivity contribution < 1.29 is 8.42 Å². The quantitative estimate of drug-likeness (QED) is 0.465. The highest BCUT2D eigenvalue weighted by molar-refractivity contribution is 8.00. The molecule has 0 saturated heterocycles. The predicted molar refractivity (Wildman–Crippen MR) is 100.0 cm³/mol.